The summed E-state index contributed by atoms with van der Waals surface area (Å²) in [7, 11) is 0. The number of anilines is 1. The van der Waals surface area contributed by atoms with Gasteiger partial charge in [-0.1, -0.05) is 0 Å². The summed E-state index contributed by atoms with van der Waals surface area (Å²) in [4.78, 5) is 18.4. The summed E-state index contributed by atoms with van der Waals surface area (Å²) in [6, 6.07) is 6.20. The zero-order valence-corrected chi connectivity index (χ0v) is 11.3. The van der Waals surface area contributed by atoms with E-state index in [1.165, 1.54) is 23.9 Å². The Morgan fingerprint density at radius 3 is 2.72 bits per heavy atom. The van der Waals surface area contributed by atoms with Crippen LogP contribution in [0.2, 0.25) is 0 Å². The molecule has 0 amide bonds. The monoisotopic (exact) mass is 326 g/mol. The second-order valence-electron chi connectivity index (χ2n) is 3.26. The number of aromatic nitrogens is 2. The zero-order valence-electron chi connectivity index (χ0n) is 8.91. The highest BCUT2D eigenvalue weighted by Gasteiger charge is 2.11. The molecule has 0 saturated carbocycles. The number of rotatable bonds is 3. The largest absolute Gasteiger partial charge is 0.383 e. The third-order valence-electron chi connectivity index (χ3n) is 1.93. The lowest BCUT2D eigenvalue weighted by Crippen LogP contribution is -1.96. The lowest BCUT2D eigenvalue weighted by molar-refractivity contribution is -0.385. The van der Waals surface area contributed by atoms with Crippen LogP contribution in [0, 0.1) is 10.1 Å². The maximum absolute atomic E-state index is 10.7. The molecule has 0 aliphatic heterocycles. The van der Waals surface area contributed by atoms with E-state index in [-0.39, 0.29) is 11.5 Å². The minimum Gasteiger partial charge on any atom is -0.383 e. The van der Waals surface area contributed by atoms with E-state index in [0.717, 1.165) is 4.47 Å². The van der Waals surface area contributed by atoms with Crippen molar-refractivity contribution in [2.24, 2.45) is 0 Å². The average Bonchev–Trinajstić information content (AvgIpc) is 2.31. The molecule has 6 nitrogen and oxygen atoms in total. The van der Waals surface area contributed by atoms with Gasteiger partial charge in [-0.05, 0) is 39.8 Å². The van der Waals surface area contributed by atoms with Gasteiger partial charge in [0.1, 0.15) is 15.9 Å². The minimum absolute atomic E-state index is 0.0814. The van der Waals surface area contributed by atoms with Crippen LogP contribution in [0.4, 0.5) is 11.5 Å². The van der Waals surface area contributed by atoms with Crippen molar-refractivity contribution in [2.75, 3.05) is 5.73 Å². The van der Waals surface area contributed by atoms with E-state index in [1.807, 2.05) is 6.07 Å². The highest BCUT2D eigenvalue weighted by Crippen LogP contribution is 2.28. The Hall–Kier alpha value is -1.67. The van der Waals surface area contributed by atoms with Crippen LogP contribution in [0.25, 0.3) is 0 Å². The first-order valence-corrected chi connectivity index (χ1v) is 6.37. The maximum Gasteiger partial charge on any atom is 0.275 e. The van der Waals surface area contributed by atoms with Crippen molar-refractivity contribution in [1.82, 2.24) is 9.97 Å². The van der Waals surface area contributed by atoms with Gasteiger partial charge < -0.3 is 5.73 Å². The number of nitrogen functional groups attached to an aromatic ring is 1. The van der Waals surface area contributed by atoms with Crippen LogP contribution >= 0.6 is 27.7 Å². The maximum atomic E-state index is 10.7. The number of nitrogens with two attached hydrogens (primary N) is 1. The van der Waals surface area contributed by atoms with E-state index >= 15 is 0 Å². The van der Waals surface area contributed by atoms with Crippen LogP contribution in [-0.4, -0.2) is 14.9 Å². The second kappa shape index (κ2) is 5.32. The van der Waals surface area contributed by atoms with Gasteiger partial charge in [0, 0.05) is 16.7 Å². The highest BCUT2D eigenvalue weighted by molar-refractivity contribution is 9.10. The molecule has 8 heteroatoms. The summed E-state index contributed by atoms with van der Waals surface area (Å²) in [6.07, 6.45) is 1.64. The molecule has 0 saturated heterocycles. The summed E-state index contributed by atoms with van der Waals surface area (Å²) in [6.45, 7) is 0. The van der Waals surface area contributed by atoms with Crippen molar-refractivity contribution in [1.29, 1.82) is 0 Å². The third kappa shape index (κ3) is 3.17. The van der Waals surface area contributed by atoms with E-state index in [2.05, 4.69) is 25.9 Å². The van der Waals surface area contributed by atoms with Crippen molar-refractivity contribution >= 4 is 39.2 Å². The molecule has 0 fully saturated rings. The predicted octanol–water partition coefficient (Wildman–Crippen LogP) is 2.88. The SMILES string of the molecule is Nc1cc([N+](=O)[O-])cc(Sc2ccc(Br)cn2)n1. The smallest absolute Gasteiger partial charge is 0.275 e. The summed E-state index contributed by atoms with van der Waals surface area (Å²) in [5.41, 5.74) is 5.44. The molecular formula is C10H7BrN4O2S. The van der Waals surface area contributed by atoms with Gasteiger partial charge in [-0.3, -0.25) is 10.1 Å². The summed E-state index contributed by atoms with van der Waals surface area (Å²) < 4.78 is 0.860. The number of nitrogens with zero attached hydrogens (tertiary/aromatic N) is 3. The van der Waals surface area contributed by atoms with Gasteiger partial charge in [0.2, 0.25) is 0 Å². The second-order valence-corrected chi connectivity index (χ2v) is 5.22. The molecule has 2 aromatic rings. The van der Waals surface area contributed by atoms with Crippen molar-refractivity contribution in [3.63, 3.8) is 0 Å². The third-order valence-corrected chi connectivity index (χ3v) is 3.26. The Bertz CT molecular complexity index is 591. The van der Waals surface area contributed by atoms with Crippen LogP contribution in [0.5, 0.6) is 0 Å². The Labute approximate surface area is 115 Å². The van der Waals surface area contributed by atoms with Gasteiger partial charge in [-0.2, -0.15) is 0 Å². The number of pyridine rings is 2. The molecule has 2 rings (SSSR count). The van der Waals surface area contributed by atoms with Crippen molar-refractivity contribution in [3.8, 4) is 0 Å². The molecule has 0 aromatic carbocycles. The van der Waals surface area contributed by atoms with Gasteiger partial charge in [0.25, 0.3) is 5.69 Å². The number of nitro groups is 1. The molecule has 2 N–H and O–H groups in total. The molecule has 0 bridgehead atoms. The molecule has 0 spiro atoms. The van der Waals surface area contributed by atoms with Gasteiger partial charge in [-0.15, -0.1) is 0 Å². The number of hydrogen-bond donors (Lipinski definition) is 1. The fourth-order valence-corrected chi connectivity index (χ4v) is 2.22. The van der Waals surface area contributed by atoms with Gasteiger partial charge >= 0.3 is 0 Å². The normalized spacial score (nSPS) is 10.3. The lowest BCUT2D eigenvalue weighted by Gasteiger charge is -2.01. The van der Waals surface area contributed by atoms with E-state index < -0.39 is 4.92 Å². The van der Waals surface area contributed by atoms with Crippen LogP contribution in [0.1, 0.15) is 0 Å². The highest BCUT2D eigenvalue weighted by atomic mass is 79.9. The first kappa shape index (κ1) is 12.8. The lowest BCUT2D eigenvalue weighted by atomic mass is 10.4. The van der Waals surface area contributed by atoms with Crippen molar-refractivity contribution in [3.05, 3.63) is 45.0 Å². The van der Waals surface area contributed by atoms with Gasteiger partial charge in [-0.25, -0.2) is 9.97 Å². The molecule has 0 aliphatic carbocycles. The molecule has 0 radical (unpaired) electrons. The van der Waals surface area contributed by atoms with Crippen LogP contribution in [0.3, 0.4) is 0 Å². The molecule has 2 aromatic heterocycles. The van der Waals surface area contributed by atoms with Gasteiger partial charge in [0.05, 0.1) is 11.0 Å². The molecule has 0 atom stereocenters. The summed E-state index contributed by atoms with van der Waals surface area (Å²) in [5, 5.41) is 11.8. The van der Waals surface area contributed by atoms with E-state index in [4.69, 9.17) is 5.73 Å². The molecular weight excluding hydrogens is 320 g/mol. The molecule has 18 heavy (non-hydrogen) atoms. The average molecular weight is 327 g/mol. The van der Waals surface area contributed by atoms with Crippen molar-refractivity contribution < 1.29 is 4.92 Å². The molecule has 0 aliphatic rings. The molecule has 92 valence electrons. The molecule has 0 unspecified atom stereocenters. The van der Waals surface area contributed by atoms with Crippen LogP contribution < -0.4 is 5.73 Å². The quantitative estimate of drug-likeness (QED) is 0.688. The van der Waals surface area contributed by atoms with Crippen LogP contribution in [0.15, 0.2) is 45.0 Å². The fourth-order valence-electron chi connectivity index (χ4n) is 1.20. The van der Waals surface area contributed by atoms with Gasteiger partial charge in [0.15, 0.2) is 0 Å². The Morgan fingerprint density at radius 2 is 2.11 bits per heavy atom. The minimum atomic E-state index is -0.503. The summed E-state index contributed by atoms with van der Waals surface area (Å²) in [5.74, 6) is 0.115. The first-order valence-electron chi connectivity index (χ1n) is 4.76. The van der Waals surface area contributed by atoms with Crippen molar-refractivity contribution in [2.45, 2.75) is 10.1 Å². The number of hydrogen-bond acceptors (Lipinski definition) is 6. The first-order chi connectivity index (χ1) is 8.54. The zero-order chi connectivity index (χ0) is 13.1. The standard InChI is InChI=1S/C10H7BrN4O2S/c11-6-1-2-9(13-5-6)18-10-4-7(15(16)17)3-8(12)14-10/h1-5H,(H2,12,14). The van der Waals surface area contributed by atoms with E-state index in [0.29, 0.717) is 10.1 Å². The topological polar surface area (TPSA) is 94.9 Å². The van der Waals surface area contributed by atoms with E-state index in [1.54, 1.807) is 12.3 Å². The summed E-state index contributed by atoms with van der Waals surface area (Å²) >= 11 is 4.49. The predicted molar refractivity (Wildman–Crippen MR) is 71.4 cm³/mol. The van der Waals surface area contributed by atoms with Crippen LogP contribution in [-0.2, 0) is 0 Å². The Morgan fingerprint density at radius 1 is 1.33 bits per heavy atom. The van der Waals surface area contributed by atoms with E-state index in [9.17, 15) is 10.1 Å². The Kier molecular flexibility index (Phi) is 3.78. The molecule has 2 heterocycles. The fraction of sp³-hybridized carbons (Fsp3) is 0. The number of halogens is 1. The Balaban J connectivity index is 2.28.